The fourth-order valence-corrected chi connectivity index (χ4v) is 3.07. The molecule has 2 bridgehead atoms. The van der Waals surface area contributed by atoms with E-state index in [1.54, 1.807) is 20.8 Å². The first-order valence-corrected chi connectivity index (χ1v) is 6.05. The van der Waals surface area contributed by atoms with Crippen molar-refractivity contribution >= 4 is 11.9 Å². The summed E-state index contributed by atoms with van der Waals surface area (Å²) in [5.41, 5.74) is -3.13. The number of alkyl halides is 3. The van der Waals surface area contributed by atoms with Crippen LogP contribution in [-0.4, -0.2) is 30.2 Å². The lowest BCUT2D eigenvalue weighted by atomic mass is 9.66. The van der Waals surface area contributed by atoms with E-state index in [0.717, 1.165) is 0 Å². The standard InChI is InChI=1S/C12H16F3NO3/c1-9(2)10(3)4-5-11(9,19-8(10)18)7(17)16-6-12(13,14)15/h4-6H2,1-3H3,(H,16,17)/t10-,11+/m0/s1. The number of hydrogen-bond acceptors (Lipinski definition) is 3. The SMILES string of the molecule is CC1(C)[C@@]2(C)CC[C@]1(C(=O)NCC(F)(F)F)OC2=O. The molecule has 2 rings (SSSR count). The van der Waals surface area contributed by atoms with Crippen molar-refractivity contribution in [1.29, 1.82) is 0 Å². The van der Waals surface area contributed by atoms with Crippen molar-refractivity contribution < 1.29 is 27.5 Å². The van der Waals surface area contributed by atoms with Gasteiger partial charge in [-0.1, -0.05) is 13.8 Å². The molecule has 1 N–H and O–H groups in total. The van der Waals surface area contributed by atoms with Crippen LogP contribution >= 0.6 is 0 Å². The van der Waals surface area contributed by atoms with E-state index >= 15 is 0 Å². The molecule has 1 saturated heterocycles. The first-order valence-electron chi connectivity index (χ1n) is 6.05. The maximum Gasteiger partial charge on any atom is 0.405 e. The number of fused-ring (bicyclic) bond motifs is 2. The van der Waals surface area contributed by atoms with Gasteiger partial charge in [0, 0.05) is 5.41 Å². The quantitative estimate of drug-likeness (QED) is 0.784. The van der Waals surface area contributed by atoms with E-state index in [0.29, 0.717) is 6.42 Å². The van der Waals surface area contributed by atoms with E-state index in [4.69, 9.17) is 4.74 Å². The maximum atomic E-state index is 12.2. The summed E-state index contributed by atoms with van der Waals surface area (Å²) < 4.78 is 41.7. The highest BCUT2D eigenvalue weighted by Crippen LogP contribution is 2.65. The summed E-state index contributed by atoms with van der Waals surface area (Å²) in [6, 6.07) is 0. The first-order chi connectivity index (χ1) is 8.46. The molecule has 1 aliphatic heterocycles. The third-order valence-corrected chi connectivity index (χ3v) is 4.90. The van der Waals surface area contributed by atoms with Crippen LogP contribution in [0.4, 0.5) is 13.2 Å². The van der Waals surface area contributed by atoms with Gasteiger partial charge >= 0.3 is 12.1 Å². The number of carbonyl (C=O) groups excluding carboxylic acids is 2. The van der Waals surface area contributed by atoms with Gasteiger partial charge in [-0.3, -0.25) is 9.59 Å². The summed E-state index contributed by atoms with van der Waals surface area (Å²) in [7, 11) is 0. The number of halogens is 3. The topological polar surface area (TPSA) is 55.4 Å². The van der Waals surface area contributed by atoms with Crippen LogP contribution < -0.4 is 5.32 Å². The summed E-state index contributed by atoms with van der Waals surface area (Å²) >= 11 is 0. The average Bonchev–Trinajstić information content (AvgIpc) is 2.55. The Morgan fingerprint density at radius 3 is 2.26 bits per heavy atom. The highest BCUT2D eigenvalue weighted by atomic mass is 19.4. The molecular weight excluding hydrogens is 263 g/mol. The molecule has 2 aliphatic rings. The van der Waals surface area contributed by atoms with Gasteiger partial charge in [-0.2, -0.15) is 13.2 Å². The second-order valence-corrected chi connectivity index (χ2v) is 5.97. The summed E-state index contributed by atoms with van der Waals surface area (Å²) in [6.07, 6.45) is -3.79. The fourth-order valence-electron chi connectivity index (χ4n) is 3.07. The predicted molar refractivity (Wildman–Crippen MR) is 59.0 cm³/mol. The van der Waals surface area contributed by atoms with Crippen LogP contribution in [0.3, 0.4) is 0 Å². The van der Waals surface area contributed by atoms with E-state index < -0.39 is 41.0 Å². The molecule has 4 nitrogen and oxygen atoms in total. The zero-order chi connectivity index (χ0) is 14.7. The second-order valence-electron chi connectivity index (χ2n) is 5.97. The summed E-state index contributed by atoms with van der Waals surface area (Å²) in [5, 5.41) is 1.84. The van der Waals surface area contributed by atoms with Gasteiger partial charge in [-0.15, -0.1) is 0 Å². The molecule has 2 atom stereocenters. The van der Waals surface area contributed by atoms with Crippen molar-refractivity contribution in [2.45, 2.75) is 45.4 Å². The van der Waals surface area contributed by atoms with Crippen LogP contribution in [0, 0.1) is 10.8 Å². The van der Waals surface area contributed by atoms with Crippen LogP contribution in [-0.2, 0) is 14.3 Å². The minimum absolute atomic E-state index is 0.256. The van der Waals surface area contributed by atoms with Crippen LogP contribution in [0.25, 0.3) is 0 Å². The Hall–Kier alpha value is -1.27. The molecule has 1 aliphatic carbocycles. The fraction of sp³-hybridized carbons (Fsp3) is 0.833. The Kier molecular flexibility index (Phi) is 2.71. The molecule has 0 spiro atoms. The molecule has 0 aromatic rings. The lowest BCUT2D eigenvalue weighted by Crippen LogP contribution is -2.54. The van der Waals surface area contributed by atoms with Crippen LogP contribution in [0.1, 0.15) is 33.6 Å². The number of rotatable bonds is 2. The third kappa shape index (κ3) is 1.66. The molecule has 1 heterocycles. The van der Waals surface area contributed by atoms with Crippen molar-refractivity contribution in [3.63, 3.8) is 0 Å². The Labute approximate surface area is 108 Å². The maximum absolute atomic E-state index is 12.2. The lowest BCUT2D eigenvalue weighted by Gasteiger charge is -2.35. The molecule has 0 unspecified atom stereocenters. The van der Waals surface area contributed by atoms with E-state index in [1.165, 1.54) is 0 Å². The predicted octanol–water partition coefficient (Wildman–Crippen LogP) is 1.79. The number of carbonyl (C=O) groups is 2. The van der Waals surface area contributed by atoms with Crippen molar-refractivity contribution in [2.75, 3.05) is 6.54 Å². The molecule has 1 amide bonds. The number of ether oxygens (including phenoxy) is 1. The summed E-state index contributed by atoms with van der Waals surface area (Å²) in [4.78, 5) is 23.9. The Morgan fingerprint density at radius 1 is 1.32 bits per heavy atom. The molecule has 2 fully saturated rings. The Morgan fingerprint density at radius 2 is 1.89 bits per heavy atom. The minimum Gasteiger partial charge on any atom is -0.448 e. The normalized spacial score (nSPS) is 36.2. The zero-order valence-electron chi connectivity index (χ0n) is 11.0. The van der Waals surface area contributed by atoms with Gasteiger partial charge in [0.15, 0.2) is 5.60 Å². The third-order valence-electron chi connectivity index (χ3n) is 4.90. The van der Waals surface area contributed by atoms with Crippen LogP contribution in [0.2, 0.25) is 0 Å². The van der Waals surface area contributed by atoms with Gasteiger partial charge in [0.2, 0.25) is 0 Å². The largest absolute Gasteiger partial charge is 0.448 e. The lowest BCUT2D eigenvalue weighted by molar-refractivity contribution is -0.171. The number of esters is 1. The Bertz CT molecular complexity index is 446. The van der Waals surface area contributed by atoms with Gasteiger partial charge in [-0.05, 0) is 19.8 Å². The van der Waals surface area contributed by atoms with Gasteiger partial charge in [0.05, 0.1) is 5.41 Å². The second kappa shape index (κ2) is 3.64. The molecule has 0 radical (unpaired) electrons. The van der Waals surface area contributed by atoms with E-state index in [2.05, 4.69) is 0 Å². The monoisotopic (exact) mass is 279 g/mol. The summed E-state index contributed by atoms with van der Waals surface area (Å²) in [5.74, 6) is -1.37. The molecule has 0 aromatic carbocycles. The van der Waals surface area contributed by atoms with E-state index in [9.17, 15) is 22.8 Å². The highest BCUT2D eigenvalue weighted by molar-refractivity contribution is 5.96. The first kappa shape index (κ1) is 14.1. The van der Waals surface area contributed by atoms with E-state index in [1.807, 2.05) is 5.32 Å². The number of hydrogen-bond donors (Lipinski definition) is 1. The van der Waals surface area contributed by atoms with Gasteiger partial charge in [0.25, 0.3) is 5.91 Å². The number of amides is 1. The average molecular weight is 279 g/mol. The van der Waals surface area contributed by atoms with Crippen molar-refractivity contribution in [3.05, 3.63) is 0 Å². The van der Waals surface area contributed by atoms with Gasteiger partial charge in [-0.25, -0.2) is 0 Å². The van der Waals surface area contributed by atoms with Gasteiger partial charge < -0.3 is 10.1 Å². The van der Waals surface area contributed by atoms with Crippen molar-refractivity contribution in [1.82, 2.24) is 5.32 Å². The van der Waals surface area contributed by atoms with Crippen molar-refractivity contribution in [3.8, 4) is 0 Å². The van der Waals surface area contributed by atoms with E-state index in [-0.39, 0.29) is 6.42 Å². The smallest absolute Gasteiger partial charge is 0.405 e. The van der Waals surface area contributed by atoms with Crippen LogP contribution in [0.5, 0.6) is 0 Å². The van der Waals surface area contributed by atoms with Crippen molar-refractivity contribution in [2.24, 2.45) is 10.8 Å². The minimum atomic E-state index is -4.49. The molecule has 0 aromatic heterocycles. The highest BCUT2D eigenvalue weighted by Gasteiger charge is 2.75. The number of nitrogens with one attached hydrogen (secondary N) is 1. The molecular formula is C12H16F3NO3. The van der Waals surface area contributed by atoms with Crippen LogP contribution in [0.15, 0.2) is 0 Å². The molecule has 1 saturated carbocycles. The summed E-state index contributed by atoms with van der Waals surface area (Å²) in [6.45, 7) is 3.66. The molecule has 7 heteroatoms. The zero-order valence-corrected chi connectivity index (χ0v) is 11.0. The Balaban J connectivity index is 2.25. The molecule has 19 heavy (non-hydrogen) atoms. The molecule has 108 valence electrons. The van der Waals surface area contributed by atoms with Gasteiger partial charge in [0.1, 0.15) is 6.54 Å².